The van der Waals surface area contributed by atoms with Crippen LogP contribution in [0.15, 0.2) is 17.0 Å². The van der Waals surface area contributed by atoms with E-state index in [2.05, 4.69) is 0 Å². The summed E-state index contributed by atoms with van der Waals surface area (Å²) in [5, 5.41) is 19.4. The van der Waals surface area contributed by atoms with E-state index >= 15 is 0 Å². The van der Waals surface area contributed by atoms with E-state index in [9.17, 15) is 18.5 Å². The van der Waals surface area contributed by atoms with Crippen molar-refractivity contribution in [2.75, 3.05) is 0 Å². The lowest BCUT2D eigenvalue weighted by atomic mass is 10.1. The van der Waals surface area contributed by atoms with E-state index in [1.807, 2.05) is 0 Å². The summed E-state index contributed by atoms with van der Waals surface area (Å²) in [5.41, 5.74) is 4.60. The van der Waals surface area contributed by atoms with Gasteiger partial charge in [-0.15, -0.1) is 0 Å². The number of nitrogens with two attached hydrogens (primary N) is 1. The van der Waals surface area contributed by atoms with Gasteiger partial charge in [-0.25, -0.2) is 8.42 Å². The molecule has 0 fully saturated rings. The highest BCUT2D eigenvalue weighted by atomic mass is 35.7. The van der Waals surface area contributed by atoms with E-state index in [4.69, 9.17) is 21.7 Å². The summed E-state index contributed by atoms with van der Waals surface area (Å²) in [6, 6.07) is 3.40. The van der Waals surface area contributed by atoms with Crippen LogP contribution in [0.5, 0.6) is 0 Å². The molecular formula is C8H6ClN3O4S. The first-order chi connectivity index (χ1) is 7.81. The minimum absolute atomic E-state index is 0.0564. The maximum Gasteiger partial charge on any atom is 0.271 e. The molecule has 9 heteroatoms. The third-order valence-electron chi connectivity index (χ3n) is 1.97. The number of non-ortho nitro benzene ring substituents is 1. The Hall–Kier alpha value is -1.69. The number of nitro benzene ring substituents is 1. The quantitative estimate of drug-likeness (QED) is 0.495. The normalized spacial score (nSPS) is 10.9. The summed E-state index contributed by atoms with van der Waals surface area (Å²) in [5.74, 6) is 0. The van der Waals surface area contributed by atoms with Gasteiger partial charge in [-0.1, -0.05) is 0 Å². The van der Waals surface area contributed by atoms with E-state index in [1.54, 1.807) is 6.07 Å². The number of hydrogen-bond donors (Lipinski definition) is 1. The van der Waals surface area contributed by atoms with Gasteiger partial charge >= 0.3 is 0 Å². The molecule has 0 aromatic heterocycles. The van der Waals surface area contributed by atoms with Crippen LogP contribution >= 0.6 is 10.7 Å². The van der Waals surface area contributed by atoms with Gasteiger partial charge in [-0.05, 0) is 5.56 Å². The molecule has 1 aromatic rings. The monoisotopic (exact) mass is 275 g/mol. The highest BCUT2D eigenvalue weighted by Crippen LogP contribution is 2.28. The average molecular weight is 276 g/mol. The van der Waals surface area contributed by atoms with Crippen molar-refractivity contribution in [3.05, 3.63) is 33.4 Å². The second-order valence-corrected chi connectivity index (χ2v) is 5.52. The number of nitro groups is 1. The maximum atomic E-state index is 11.2. The molecule has 2 N–H and O–H groups in total. The fourth-order valence-electron chi connectivity index (χ4n) is 1.24. The summed E-state index contributed by atoms with van der Waals surface area (Å²) in [4.78, 5) is 9.21. The Labute approximate surface area is 101 Å². The van der Waals surface area contributed by atoms with Gasteiger partial charge in [0.15, 0.2) is 0 Å². The maximum absolute atomic E-state index is 11.2. The molecule has 0 saturated heterocycles. The lowest BCUT2D eigenvalue weighted by Crippen LogP contribution is -2.06. The molecule has 1 aromatic carbocycles. The SMILES string of the molecule is N#Cc1c(CN)cc([N+](=O)[O-])cc1S(=O)(=O)Cl. The van der Waals surface area contributed by atoms with Crippen LogP contribution in [0.4, 0.5) is 5.69 Å². The van der Waals surface area contributed by atoms with Gasteiger partial charge in [0.05, 0.1) is 10.5 Å². The Morgan fingerprint density at radius 2 is 2.12 bits per heavy atom. The fraction of sp³-hybridized carbons (Fsp3) is 0.125. The van der Waals surface area contributed by atoms with E-state index in [0.29, 0.717) is 0 Å². The summed E-state index contributed by atoms with van der Waals surface area (Å²) in [6.07, 6.45) is 0. The standard InChI is InChI=1S/C8H6ClN3O4S/c9-17(15,16)8-2-6(12(13)14)1-5(3-10)7(8)4-11/h1-2H,3,10H2. The topological polar surface area (TPSA) is 127 Å². The van der Waals surface area contributed by atoms with Crippen LogP contribution in [0.25, 0.3) is 0 Å². The molecule has 0 heterocycles. The predicted molar refractivity (Wildman–Crippen MR) is 58.7 cm³/mol. The van der Waals surface area contributed by atoms with E-state index in [1.165, 1.54) is 0 Å². The molecule has 7 nitrogen and oxygen atoms in total. The zero-order chi connectivity index (χ0) is 13.2. The van der Waals surface area contributed by atoms with Crippen molar-refractivity contribution in [1.29, 1.82) is 5.26 Å². The van der Waals surface area contributed by atoms with Gasteiger partial charge < -0.3 is 5.73 Å². The molecule has 0 radical (unpaired) electrons. The Bertz CT molecular complexity index is 620. The largest absolute Gasteiger partial charge is 0.326 e. The third kappa shape index (κ3) is 2.71. The van der Waals surface area contributed by atoms with Crippen molar-refractivity contribution in [2.24, 2.45) is 5.73 Å². The van der Waals surface area contributed by atoms with Crippen LogP contribution in [0.2, 0.25) is 0 Å². The zero-order valence-electron chi connectivity index (χ0n) is 8.25. The number of rotatable bonds is 3. The first-order valence-corrected chi connectivity index (χ1v) is 6.48. The van der Waals surface area contributed by atoms with Crippen molar-refractivity contribution in [3.63, 3.8) is 0 Å². The molecule has 17 heavy (non-hydrogen) atoms. The Balaban J connectivity index is 3.74. The van der Waals surface area contributed by atoms with Crippen molar-refractivity contribution < 1.29 is 13.3 Å². The molecule has 0 amide bonds. The number of hydrogen-bond acceptors (Lipinski definition) is 6. The highest BCUT2D eigenvalue weighted by molar-refractivity contribution is 8.13. The van der Waals surface area contributed by atoms with Crippen LogP contribution in [-0.4, -0.2) is 13.3 Å². The molecule has 1 rings (SSSR count). The van der Waals surface area contributed by atoms with Crippen molar-refractivity contribution in [2.45, 2.75) is 11.4 Å². The first-order valence-electron chi connectivity index (χ1n) is 4.17. The molecule has 0 saturated carbocycles. The van der Waals surface area contributed by atoms with E-state index in [-0.39, 0.29) is 17.7 Å². The molecule has 0 atom stereocenters. The lowest BCUT2D eigenvalue weighted by Gasteiger charge is -2.05. The molecule has 0 aliphatic rings. The van der Waals surface area contributed by atoms with Crippen LogP contribution in [0.1, 0.15) is 11.1 Å². The number of nitrogens with zero attached hydrogens (tertiary/aromatic N) is 2. The van der Waals surface area contributed by atoms with Gasteiger partial charge in [0.1, 0.15) is 11.0 Å². The number of benzene rings is 1. The molecule has 0 spiro atoms. The van der Waals surface area contributed by atoms with Gasteiger partial charge in [-0.2, -0.15) is 5.26 Å². The molecular weight excluding hydrogens is 270 g/mol. The van der Waals surface area contributed by atoms with Crippen molar-refractivity contribution in [3.8, 4) is 6.07 Å². The smallest absolute Gasteiger partial charge is 0.271 e. The Morgan fingerprint density at radius 1 is 1.53 bits per heavy atom. The third-order valence-corrected chi connectivity index (χ3v) is 3.32. The summed E-state index contributed by atoms with van der Waals surface area (Å²) in [7, 11) is 0.861. The predicted octanol–water partition coefficient (Wildman–Crippen LogP) is 0.853. The number of nitriles is 1. The van der Waals surface area contributed by atoms with Gasteiger partial charge in [0.2, 0.25) is 0 Å². The number of halogens is 1. The summed E-state index contributed by atoms with van der Waals surface area (Å²) >= 11 is 0. The van der Waals surface area contributed by atoms with E-state index in [0.717, 1.165) is 12.1 Å². The second kappa shape index (κ2) is 4.67. The van der Waals surface area contributed by atoms with Crippen molar-refractivity contribution in [1.82, 2.24) is 0 Å². The summed E-state index contributed by atoms with van der Waals surface area (Å²) in [6.45, 7) is -0.204. The Morgan fingerprint density at radius 3 is 2.47 bits per heavy atom. The second-order valence-electron chi connectivity index (χ2n) is 2.99. The minimum atomic E-state index is -4.24. The van der Waals surface area contributed by atoms with Crippen molar-refractivity contribution >= 4 is 25.4 Å². The van der Waals surface area contributed by atoms with Gasteiger partial charge in [-0.3, -0.25) is 10.1 Å². The molecule has 0 unspecified atom stereocenters. The molecule has 0 aliphatic carbocycles. The fourth-order valence-corrected chi connectivity index (χ4v) is 2.29. The van der Waals surface area contributed by atoms with Crippen LogP contribution in [0, 0.1) is 21.4 Å². The van der Waals surface area contributed by atoms with Crippen LogP contribution in [0.3, 0.4) is 0 Å². The van der Waals surface area contributed by atoms with Gasteiger partial charge in [0.25, 0.3) is 14.7 Å². The summed E-state index contributed by atoms with van der Waals surface area (Å²) < 4.78 is 22.4. The highest BCUT2D eigenvalue weighted by Gasteiger charge is 2.23. The Kier molecular flexibility index (Phi) is 3.67. The molecule has 0 bridgehead atoms. The molecule has 0 aliphatic heterocycles. The van der Waals surface area contributed by atoms with Gasteiger partial charge in [0, 0.05) is 29.4 Å². The first kappa shape index (κ1) is 13.4. The van der Waals surface area contributed by atoms with Crippen LogP contribution in [-0.2, 0) is 15.6 Å². The lowest BCUT2D eigenvalue weighted by molar-refractivity contribution is -0.385. The van der Waals surface area contributed by atoms with E-state index < -0.39 is 24.6 Å². The zero-order valence-corrected chi connectivity index (χ0v) is 9.83. The average Bonchev–Trinajstić information content (AvgIpc) is 2.25. The van der Waals surface area contributed by atoms with Crippen LogP contribution < -0.4 is 5.73 Å². The molecule has 90 valence electrons. The minimum Gasteiger partial charge on any atom is -0.326 e.